The predicted octanol–water partition coefficient (Wildman–Crippen LogP) is 5.29. The van der Waals surface area contributed by atoms with Gasteiger partial charge in [0.15, 0.2) is 11.5 Å². The Hall–Kier alpha value is -1.78. The molecule has 1 aliphatic heterocycles. The van der Waals surface area contributed by atoms with E-state index in [4.69, 9.17) is 26.4 Å². The van der Waals surface area contributed by atoms with Crippen molar-refractivity contribution in [3.8, 4) is 17.2 Å². The monoisotopic (exact) mass is 555 g/mol. The van der Waals surface area contributed by atoms with Crippen molar-refractivity contribution < 1.29 is 19.0 Å². The van der Waals surface area contributed by atoms with Crippen LogP contribution in [-0.2, 0) is 4.79 Å². The van der Waals surface area contributed by atoms with E-state index in [2.05, 4.69) is 22.6 Å². The van der Waals surface area contributed by atoms with Crippen molar-refractivity contribution in [3.63, 3.8) is 0 Å². The van der Waals surface area contributed by atoms with Crippen LogP contribution in [0.3, 0.4) is 0 Å². The first-order chi connectivity index (χ1) is 14.4. The normalized spacial score (nSPS) is 15.1. The van der Waals surface area contributed by atoms with E-state index in [1.165, 1.54) is 11.8 Å². The molecule has 30 heavy (non-hydrogen) atoms. The fraction of sp³-hybridized carbons (Fsp3) is 0.273. The number of likely N-dealkylation sites (N-methyl/N-ethyl adjacent to an activating group) is 1. The zero-order chi connectivity index (χ0) is 21.7. The minimum Gasteiger partial charge on any atom is -0.493 e. The molecule has 1 heterocycles. The number of amides is 1. The molecular formula is C22H22INO4S2. The number of thiocarbonyl (C=S) groups is 1. The highest BCUT2D eigenvalue weighted by Crippen LogP contribution is 2.37. The molecule has 5 nitrogen and oxygen atoms in total. The maximum absolute atomic E-state index is 12.5. The van der Waals surface area contributed by atoms with Gasteiger partial charge < -0.3 is 14.2 Å². The molecule has 0 unspecified atom stereocenters. The molecule has 2 aromatic rings. The fourth-order valence-corrected chi connectivity index (χ4v) is 5.07. The lowest BCUT2D eigenvalue weighted by Crippen LogP contribution is -2.27. The minimum absolute atomic E-state index is 0.0600. The first-order valence-corrected chi connectivity index (χ1v) is 11.7. The van der Waals surface area contributed by atoms with Crippen LogP contribution in [0.5, 0.6) is 17.2 Å². The molecule has 1 amide bonds. The lowest BCUT2D eigenvalue weighted by atomic mass is 10.2. The fourth-order valence-electron chi connectivity index (χ4n) is 2.90. The van der Waals surface area contributed by atoms with Crippen LogP contribution in [0.2, 0.25) is 0 Å². The van der Waals surface area contributed by atoms with Crippen molar-refractivity contribution >= 4 is 62.9 Å². The van der Waals surface area contributed by atoms with Gasteiger partial charge in [-0.2, -0.15) is 0 Å². The van der Waals surface area contributed by atoms with Gasteiger partial charge in [-0.15, -0.1) is 0 Å². The maximum Gasteiger partial charge on any atom is 0.266 e. The van der Waals surface area contributed by atoms with Crippen molar-refractivity contribution in [1.29, 1.82) is 0 Å². The van der Waals surface area contributed by atoms with Crippen LogP contribution in [0.1, 0.15) is 18.1 Å². The number of rotatable bonds is 8. The molecule has 0 radical (unpaired) electrons. The largest absolute Gasteiger partial charge is 0.493 e. The Labute approximate surface area is 199 Å². The van der Waals surface area contributed by atoms with E-state index in [1.54, 1.807) is 12.0 Å². The number of benzene rings is 2. The molecule has 0 bridgehead atoms. The van der Waals surface area contributed by atoms with Crippen molar-refractivity contribution in [1.82, 2.24) is 4.90 Å². The first-order valence-electron chi connectivity index (χ1n) is 9.38. The molecular weight excluding hydrogens is 533 g/mol. The molecule has 1 fully saturated rings. The predicted molar refractivity (Wildman–Crippen MR) is 133 cm³/mol. The summed E-state index contributed by atoms with van der Waals surface area (Å²) in [5.41, 5.74) is 1.94. The van der Waals surface area contributed by atoms with Crippen LogP contribution in [0, 0.1) is 10.5 Å². The average molecular weight is 555 g/mol. The van der Waals surface area contributed by atoms with Crippen LogP contribution >= 0.6 is 46.6 Å². The quantitative estimate of drug-likeness (QED) is 0.191. The van der Waals surface area contributed by atoms with Gasteiger partial charge >= 0.3 is 0 Å². The standard InChI is InChI=1S/C22H22INO4S2/c1-4-24-21(25)19(30-22(24)29)13-15-11-16(23)20(18(12-15)26-3)28-10-9-27-17-8-6-5-7-14(17)2/h5-8,11-13H,4,9-10H2,1-3H3. The Morgan fingerprint density at radius 2 is 1.90 bits per heavy atom. The number of para-hydroxylation sites is 1. The second-order valence-electron chi connectivity index (χ2n) is 6.42. The lowest BCUT2D eigenvalue weighted by molar-refractivity contribution is -0.121. The number of hydrogen-bond acceptors (Lipinski definition) is 6. The number of thioether (sulfide) groups is 1. The van der Waals surface area contributed by atoms with Gasteiger partial charge in [0.25, 0.3) is 5.91 Å². The van der Waals surface area contributed by atoms with Gasteiger partial charge in [-0.05, 0) is 71.8 Å². The van der Waals surface area contributed by atoms with Crippen molar-refractivity contribution in [2.75, 3.05) is 26.9 Å². The van der Waals surface area contributed by atoms with Crippen LogP contribution in [0.15, 0.2) is 41.3 Å². The summed E-state index contributed by atoms with van der Waals surface area (Å²) in [6, 6.07) is 11.7. The summed E-state index contributed by atoms with van der Waals surface area (Å²) in [4.78, 5) is 14.7. The third-order valence-corrected chi connectivity index (χ3v) is 6.60. The molecule has 1 saturated heterocycles. The van der Waals surface area contributed by atoms with E-state index in [9.17, 15) is 4.79 Å². The number of carbonyl (C=O) groups excluding carboxylic acids is 1. The summed E-state index contributed by atoms with van der Waals surface area (Å²) in [5, 5.41) is 0. The van der Waals surface area contributed by atoms with Crippen LogP contribution < -0.4 is 14.2 Å². The van der Waals surface area contributed by atoms with E-state index in [1.807, 2.05) is 56.3 Å². The molecule has 0 aliphatic carbocycles. The van der Waals surface area contributed by atoms with Crippen LogP contribution in [0.25, 0.3) is 6.08 Å². The molecule has 8 heteroatoms. The molecule has 0 aromatic heterocycles. The van der Waals surface area contributed by atoms with Crippen LogP contribution in [0.4, 0.5) is 0 Å². The Kier molecular flexibility index (Phi) is 8.01. The first kappa shape index (κ1) is 22.9. The van der Waals surface area contributed by atoms with Gasteiger partial charge in [-0.1, -0.05) is 42.2 Å². The molecule has 0 saturated carbocycles. The van der Waals surface area contributed by atoms with Gasteiger partial charge in [-0.3, -0.25) is 9.69 Å². The van der Waals surface area contributed by atoms with E-state index in [0.29, 0.717) is 40.5 Å². The lowest BCUT2D eigenvalue weighted by Gasteiger charge is -2.15. The average Bonchev–Trinajstić information content (AvgIpc) is 2.99. The number of nitrogens with zero attached hydrogens (tertiary/aromatic N) is 1. The molecule has 3 rings (SSSR count). The summed E-state index contributed by atoms with van der Waals surface area (Å²) in [5.74, 6) is 2.05. The molecule has 0 atom stereocenters. The number of halogens is 1. The summed E-state index contributed by atoms with van der Waals surface area (Å²) < 4.78 is 18.7. The topological polar surface area (TPSA) is 48.0 Å². The Morgan fingerprint density at radius 3 is 2.57 bits per heavy atom. The number of carbonyl (C=O) groups is 1. The zero-order valence-corrected chi connectivity index (χ0v) is 20.7. The molecule has 0 spiro atoms. The van der Waals surface area contributed by atoms with Gasteiger partial charge in [0.05, 0.1) is 15.6 Å². The zero-order valence-electron chi connectivity index (χ0n) is 16.9. The second kappa shape index (κ2) is 10.5. The number of hydrogen-bond donors (Lipinski definition) is 0. The van der Waals surface area contributed by atoms with Crippen molar-refractivity contribution in [3.05, 3.63) is 56.0 Å². The minimum atomic E-state index is -0.0600. The van der Waals surface area contributed by atoms with Gasteiger partial charge in [0, 0.05) is 6.54 Å². The van der Waals surface area contributed by atoms with Gasteiger partial charge in [0.2, 0.25) is 0 Å². The Balaban J connectivity index is 1.70. The summed E-state index contributed by atoms with van der Waals surface area (Å²) in [6.07, 6.45) is 1.84. The second-order valence-corrected chi connectivity index (χ2v) is 9.26. The SMILES string of the molecule is CCN1C(=O)C(=Cc2cc(I)c(OCCOc3ccccc3C)c(OC)c2)SC1=S. The third-order valence-electron chi connectivity index (χ3n) is 4.42. The molecule has 0 N–H and O–H groups in total. The van der Waals surface area contributed by atoms with Gasteiger partial charge in [-0.25, -0.2) is 0 Å². The number of methoxy groups -OCH3 is 1. The highest BCUT2D eigenvalue weighted by molar-refractivity contribution is 14.1. The molecule has 2 aromatic carbocycles. The van der Waals surface area contributed by atoms with Crippen molar-refractivity contribution in [2.24, 2.45) is 0 Å². The summed E-state index contributed by atoms with van der Waals surface area (Å²) >= 11 is 8.80. The van der Waals surface area contributed by atoms with Crippen molar-refractivity contribution in [2.45, 2.75) is 13.8 Å². The van der Waals surface area contributed by atoms with E-state index < -0.39 is 0 Å². The Bertz CT molecular complexity index is 993. The van der Waals surface area contributed by atoms with E-state index >= 15 is 0 Å². The van der Waals surface area contributed by atoms with Crippen LogP contribution in [-0.4, -0.2) is 42.0 Å². The molecule has 158 valence electrons. The smallest absolute Gasteiger partial charge is 0.266 e. The summed E-state index contributed by atoms with van der Waals surface area (Å²) in [7, 11) is 1.60. The highest BCUT2D eigenvalue weighted by Gasteiger charge is 2.30. The maximum atomic E-state index is 12.5. The number of ether oxygens (including phenoxy) is 3. The summed E-state index contributed by atoms with van der Waals surface area (Å²) in [6.45, 7) is 5.30. The number of aryl methyl sites for hydroxylation is 1. The molecule has 1 aliphatic rings. The third kappa shape index (κ3) is 5.28. The highest BCUT2D eigenvalue weighted by atomic mass is 127. The van der Waals surface area contributed by atoms with Gasteiger partial charge in [0.1, 0.15) is 23.3 Å². The Morgan fingerprint density at radius 1 is 1.17 bits per heavy atom. The van der Waals surface area contributed by atoms with E-state index in [-0.39, 0.29) is 5.91 Å². The van der Waals surface area contributed by atoms with E-state index in [0.717, 1.165) is 20.4 Å².